The van der Waals surface area contributed by atoms with Gasteiger partial charge in [0.15, 0.2) is 0 Å². The van der Waals surface area contributed by atoms with E-state index in [1.54, 1.807) is 0 Å². The van der Waals surface area contributed by atoms with Gasteiger partial charge in [-0.05, 0) is 31.1 Å². The molecule has 2 bridgehead atoms. The van der Waals surface area contributed by atoms with Crippen LogP contribution in [0.5, 0.6) is 0 Å². The summed E-state index contributed by atoms with van der Waals surface area (Å²) in [6.07, 6.45) is 1.47. The van der Waals surface area contributed by atoms with Gasteiger partial charge in [-0.1, -0.05) is 6.92 Å². The van der Waals surface area contributed by atoms with Gasteiger partial charge in [-0.15, -0.1) is 0 Å². The fraction of sp³-hybridized carbons (Fsp3) is 0.917. The van der Waals surface area contributed by atoms with Crippen molar-refractivity contribution in [2.24, 2.45) is 29.6 Å². The normalized spacial score (nSPS) is 52.0. The first-order chi connectivity index (χ1) is 7.24. The Morgan fingerprint density at radius 3 is 2.93 bits per heavy atom. The molecule has 15 heavy (non-hydrogen) atoms. The molecule has 2 aliphatic carbocycles. The van der Waals surface area contributed by atoms with E-state index in [4.69, 9.17) is 9.47 Å². The van der Waals surface area contributed by atoms with Crippen molar-refractivity contribution in [3.05, 3.63) is 0 Å². The summed E-state index contributed by atoms with van der Waals surface area (Å²) in [5.41, 5.74) is 0. The number of carbonyl (C=O) groups is 1. The highest BCUT2D eigenvalue weighted by Crippen LogP contribution is 2.58. The van der Waals surface area contributed by atoms with Crippen LogP contribution >= 0.6 is 0 Å². The minimum atomic E-state index is 0.0316. The highest BCUT2D eigenvalue weighted by atomic mass is 16.5. The Bertz CT molecular complexity index is 289. The zero-order valence-corrected chi connectivity index (χ0v) is 9.31. The van der Waals surface area contributed by atoms with Gasteiger partial charge in [-0.3, -0.25) is 4.79 Å². The third-order valence-corrected chi connectivity index (χ3v) is 4.68. The first kappa shape index (κ1) is 9.64. The number of hydrogen-bond acceptors (Lipinski definition) is 3. The van der Waals surface area contributed by atoms with Crippen molar-refractivity contribution in [1.29, 1.82) is 0 Å². The molecule has 3 aliphatic rings. The summed E-state index contributed by atoms with van der Waals surface area (Å²) in [4.78, 5) is 11.6. The predicted molar refractivity (Wildman–Crippen MR) is 54.1 cm³/mol. The Labute approximate surface area is 90.1 Å². The molecule has 84 valence electrons. The lowest BCUT2D eigenvalue weighted by Crippen LogP contribution is -2.39. The lowest BCUT2D eigenvalue weighted by molar-refractivity contribution is -0.144. The highest BCUT2D eigenvalue weighted by Gasteiger charge is 2.62. The molecule has 0 aromatic rings. The number of carbonyl (C=O) groups excluding carboxylic acids is 1. The zero-order valence-electron chi connectivity index (χ0n) is 9.31. The van der Waals surface area contributed by atoms with E-state index in [9.17, 15) is 4.79 Å². The second-order valence-corrected chi connectivity index (χ2v) is 5.16. The number of rotatable bonds is 2. The Morgan fingerprint density at radius 1 is 1.40 bits per heavy atom. The lowest BCUT2D eigenvalue weighted by Gasteiger charge is -2.33. The van der Waals surface area contributed by atoms with E-state index in [0.29, 0.717) is 36.4 Å². The van der Waals surface area contributed by atoms with Gasteiger partial charge >= 0.3 is 5.97 Å². The molecule has 1 saturated heterocycles. The Morgan fingerprint density at radius 2 is 2.20 bits per heavy atom. The predicted octanol–water partition coefficient (Wildman–Crippen LogP) is 1.47. The minimum absolute atomic E-state index is 0.0316. The first-order valence-corrected chi connectivity index (χ1v) is 6.02. The van der Waals surface area contributed by atoms with Crippen LogP contribution in [0, 0.1) is 29.6 Å². The van der Waals surface area contributed by atoms with E-state index in [0.717, 1.165) is 6.61 Å². The zero-order chi connectivity index (χ0) is 10.6. The van der Waals surface area contributed by atoms with E-state index >= 15 is 0 Å². The number of fused-ring (bicyclic) bond motifs is 5. The second-order valence-electron chi connectivity index (χ2n) is 5.16. The molecular formula is C12H18O3. The lowest BCUT2D eigenvalue weighted by atomic mass is 9.74. The SMILES string of the molecule is CCOC1C(C)C2CC1C1C(=O)OCC21. The molecule has 0 aromatic carbocycles. The van der Waals surface area contributed by atoms with Crippen LogP contribution in [0.3, 0.4) is 0 Å². The Kier molecular flexibility index (Phi) is 2.06. The van der Waals surface area contributed by atoms with Crippen LogP contribution in [0.25, 0.3) is 0 Å². The van der Waals surface area contributed by atoms with Gasteiger partial charge in [0.2, 0.25) is 0 Å². The molecule has 0 radical (unpaired) electrons. The van der Waals surface area contributed by atoms with Crippen molar-refractivity contribution in [2.45, 2.75) is 26.4 Å². The fourth-order valence-electron chi connectivity index (χ4n) is 4.12. The average Bonchev–Trinajstić information content (AvgIpc) is 2.82. The van der Waals surface area contributed by atoms with Crippen LogP contribution in [0.1, 0.15) is 20.3 Å². The van der Waals surface area contributed by atoms with Gasteiger partial charge in [-0.2, -0.15) is 0 Å². The molecule has 3 heteroatoms. The van der Waals surface area contributed by atoms with Gasteiger partial charge in [-0.25, -0.2) is 0 Å². The molecule has 0 spiro atoms. The van der Waals surface area contributed by atoms with Crippen LogP contribution in [-0.2, 0) is 14.3 Å². The molecule has 0 aromatic heterocycles. The summed E-state index contributed by atoms with van der Waals surface area (Å²) >= 11 is 0. The van der Waals surface area contributed by atoms with Crippen LogP contribution in [0.4, 0.5) is 0 Å². The molecule has 3 fully saturated rings. The summed E-state index contributed by atoms with van der Waals surface area (Å²) in [5.74, 6) is 2.37. The molecular weight excluding hydrogens is 192 g/mol. The van der Waals surface area contributed by atoms with E-state index in [2.05, 4.69) is 6.92 Å². The number of hydrogen-bond donors (Lipinski definition) is 0. The summed E-state index contributed by atoms with van der Waals surface area (Å²) in [6, 6.07) is 0. The van der Waals surface area contributed by atoms with Gasteiger partial charge in [0.1, 0.15) is 0 Å². The van der Waals surface area contributed by atoms with E-state index in [-0.39, 0.29) is 11.9 Å². The molecule has 0 N–H and O–H groups in total. The smallest absolute Gasteiger partial charge is 0.309 e. The molecule has 6 unspecified atom stereocenters. The quantitative estimate of drug-likeness (QED) is 0.647. The molecule has 2 saturated carbocycles. The Balaban J connectivity index is 1.85. The summed E-state index contributed by atoms with van der Waals surface area (Å²) < 4.78 is 11.0. The number of cyclic esters (lactones) is 1. The van der Waals surface area contributed by atoms with Gasteiger partial charge in [0.05, 0.1) is 18.6 Å². The molecule has 6 atom stereocenters. The van der Waals surface area contributed by atoms with Crippen LogP contribution in [-0.4, -0.2) is 25.3 Å². The van der Waals surface area contributed by atoms with Gasteiger partial charge < -0.3 is 9.47 Å². The molecule has 3 rings (SSSR count). The average molecular weight is 210 g/mol. The molecule has 1 aliphatic heterocycles. The maximum Gasteiger partial charge on any atom is 0.309 e. The van der Waals surface area contributed by atoms with Crippen molar-refractivity contribution in [1.82, 2.24) is 0 Å². The van der Waals surface area contributed by atoms with Gasteiger partial charge in [0.25, 0.3) is 0 Å². The maximum atomic E-state index is 11.6. The third kappa shape index (κ3) is 1.13. The summed E-state index contributed by atoms with van der Waals surface area (Å²) in [6.45, 7) is 5.71. The highest BCUT2D eigenvalue weighted by molar-refractivity contribution is 5.76. The summed E-state index contributed by atoms with van der Waals surface area (Å²) in [5, 5.41) is 0. The van der Waals surface area contributed by atoms with Crippen LogP contribution < -0.4 is 0 Å². The van der Waals surface area contributed by atoms with Gasteiger partial charge in [0, 0.05) is 12.5 Å². The largest absolute Gasteiger partial charge is 0.465 e. The van der Waals surface area contributed by atoms with E-state index < -0.39 is 0 Å². The van der Waals surface area contributed by atoms with Crippen LogP contribution in [0.2, 0.25) is 0 Å². The maximum absolute atomic E-state index is 11.6. The van der Waals surface area contributed by atoms with Crippen molar-refractivity contribution < 1.29 is 14.3 Å². The van der Waals surface area contributed by atoms with Crippen molar-refractivity contribution in [2.75, 3.05) is 13.2 Å². The first-order valence-electron chi connectivity index (χ1n) is 6.02. The van der Waals surface area contributed by atoms with Crippen molar-refractivity contribution in [3.63, 3.8) is 0 Å². The molecule has 0 amide bonds. The van der Waals surface area contributed by atoms with E-state index in [1.807, 2.05) is 6.92 Å². The second kappa shape index (κ2) is 3.21. The number of esters is 1. The summed E-state index contributed by atoms with van der Waals surface area (Å²) in [7, 11) is 0. The van der Waals surface area contributed by atoms with Crippen molar-refractivity contribution in [3.8, 4) is 0 Å². The molecule has 1 heterocycles. The van der Waals surface area contributed by atoms with E-state index in [1.165, 1.54) is 6.42 Å². The van der Waals surface area contributed by atoms with Crippen LogP contribution in [0.15, 0.2) is 0 Å². The monoisotopic (exact) mass is 210 g/mol. The third-order valence-electron chi connectivity index (χ3n) is 4.68. The number of ether oxygens (including phenoxy) is 2. The standard InChI is InChI=1S/C12H18O3/c1-3-14-11-6(2)7-4-8(11)10-9(7)5-15-12(10)13/h6-11H,3-5H2,1-2H3. The topological polar surface area (TPSA) is 35.5 Å². The Hall–Kier alpha value is -0.570. The van der Waals surface area contributed by atoms with Crippen molar-refractivity contribution >= 4 is 5.97 Å². The fourth-order valence-corrected chi connectivity index (χ4v) is 4.12. The molecule has 3 nitrogen and oxygen atoms in total. The minimum Gasteiger partial charge on any atom is -0.465 e.